The van der Waals surface area contributed by atoms with E-state index in [2.05, 4.69) is 0 Å². The van der Waals surface area contributed by atoms with Crippen LogP contribution in [0.25, 0.3) is 0 Å². The van der Waals surface area contributed by atoms with E-state index < -0.39 is 5.97 Å². The third-order valence-corrected chi connectivity index (χ3v) is 2.72. The molecule has 0 radical (unpaired) electrons. The molecule has 0 saturated carbocycles. The molecule has 0 aliphatic heterocycles. The fourth-order valence-electron chi connectivity index (χ4n) is 1.73. The molecule has 0 aliphatic rings. The summed E-state index contributed by atoms with van der Waals surface area (Å²) < 4.78 is 0. The van der Waals surface area contributed by atoms with E-state index in [0.29, 0.717) is 18.8 Å². The number of nitrogens with two attached hydrogens (primary N) is 1. The molecule has 1 rings (SSSR count). The van der Waals surface area contributed by atoms with Crippen LogP contribution in [-0.4, -0.2) is 35.9 Å². The van der Waals surface area contributed by atoms with E-state index in [1.54, 1.807) is 13.0 Å². The van der Waals surface area contributed by atoms with Gasteiger partial charge >= 0.3 is 5.97 Å². The third kappa shape index (κ3) is 2.88. The van der Waals surface area contributed by atoms with Crippen molar-refractivity contribution in [1.82, 2.24) is 0 Å². The van der Waals surface area contributed by atoms with Crippen LogP contribution < -0.4 is 10.6 Å². The first-order valence-electron chi connectivity index (χ1n) is 5.50. The molecule has 5 heteroatoms. The molecular weight excluding hydrogens is 220 g/mol. The van der Waals surface area contributed by atoms with Gasteiger partial charge in [0.1, 0.15) is 0 Å². The zero-order valence-electron chi connectivity index (χ0n) is 10.1. The smallest absolute Gasteiger partial charge is 0.337 e. The second-order valence-corrected chi connectivity index (χ2v) is 3.83. The summed E-state index contributed by atoms with van der Waals surface area (Å²) in [4.78, 5) is 12.9. The van der Waals surface area contributed by atoms with Crippen LogP contribution in [0.3, 0.4) is 0 Å². The Morgan fingerprint density at radius 2 is 2.12 bits per heavy atom. The zero-order chi connectivity index (χ0) is 13.0. The summed E-state index contributed by atoms with van der Waals surface area (Å²) in [6.45, 7) is 4.92. The molecule has 0 heterocycles. The number of rotatable bonds is 5. The number of hydrogen-bond donors (Lipinski definition) is 3. The minimum atomic E-state index is -1.03. The monoisotopic (exact) mass is 238 g/mol. The number of anilines is 2. The van der Waals surface area contributed by atoms with Gasteiger partial charge in [-0.3, -0.25) is 0 Å². The molecular formula is C12H18N2O3. The summed E-state index contributed by atoms with van der Waals surface area (Å²) >= 11 is 0. The fourth-order valence-corrected chi connectivity index (χ4v) is 1.73. The van der Waals surface area contributed by atoms with Crippen molar-refractivity contribution in [1.29, 1.82) is 0 Å². The fraction of sp³-hybridized carbons (Fsp3) is 0.417. The van der Waals surface area contributed by atoms with Gasteiger partial charge in [0.2, 0.25) is 0 Å². The van der Waals surface area contributed by atoms with Gasteiger partial charge in [0.05, 0.1) is 12.2 Å². The van der Waals surface area contributed by atoms with E-state index in [9.17, 15) is 4.79 Å². The maximum atomic E-state index is 11.0. The number of carboxylic acid groups (broad SMARTS) is 1. The Bertz CT molecular complexity index is 418. The Hall–Kier alpha value is -1.75. The average Bonchev–Trinajstić information content (AvgIpc) is 2.29. The number of nitrogens with zero attached hydrogens (tertiary/aromatic N) is 1. The van der Waals surface area contributed by atoms with Crippen molar-refractivity contribution in [3.63, 3.8) is 0 Å². The highest BCUT2D eigenvalue weighted by atomic mass is 16.4. The minimum Gasteiger partial charge on any atom is -0.478 e. The summed E-state index contributed by atoms with van der Waals surface area (Å²) in [5.74, 6) is -1.03. The van der Waals surface area contributed by atoms with Gasteiger partial charge in [-0.1, -0.05) is 0 Å². The van der Waals surface area contributed by atoms with Crippen LogP contribution >= 0.6 is 0 Å². The number of aromatic carboxylic acids is 1. The molecule has 0 unspecified atom stereocenters. The predicted octanol–water partition coefficient (Wildman–Crippen LogP) is 1.09. The molecule has 4 N–H and O–H groups in total. The van der Waals surface area contributed by atoms with Crippen LogP contribution in [0.1, 0.15) is 22.8 Å². The maximum Gasteiger partial charge on any atom is 0.337 e. The van der Waals surface area contributed by atoms with Crippen molar-refractivity contribution in [2.45, 2.75) is 13.8 Å². The van der Waals surface area contributed by atoms with Crippen LogP contribution in [-0.2, 0) is 0 Å². The number of benzene rings is 1. The molecule has 17 heavy (non-hydrogen) atoms. The number of aryl methyl sites for hydroxylation is 1. The van der Waals surface area contributed by atoms with Gasteiger partial charge in [0, 0.05) is 24.5 Å². The SMILES string of the molecule is CCN(CCO)c1cc(C)c(N)c(C(=O)O)c1. The molecule has 1 aromatic rings. The summed E-state index contributed by atoms with van der Waals surface area (Å²) in [6, 6.07) is 3.38. The van der Waals surface area contributed by atoms with Crippen LogP contribution in [0.4, 0.5) is 11.4 Å². The van der Waals surface area contributed by atoms with E-state index >= 15 is 0 Å². The lowest BCUT2D eigenvalue weighted by Crippen LogP contribution is -2.26. The molecule has 0 atom stereocenters. The second kappa shape index (κ2) is 5.54. The first-order valence-corrected chi connectivity index (χ1v) is 5.50. The molecule has 5 nitrogen and oxygen atoms in total. The van der Waals surface area contributed by atoms with Crippen molar-refractivity contribution in [2.75, 3.05) is 30.3 Å². The van der Waals surface area contributed by atoms with E-state index in [0.717, 1.165) is 11.3 Å². The quantitative estimate of drug-likeness (QED) is 0.668. The number of carboxylic acids is 1. The standard InChI is InChI=1S/C12H18N2O3/c1-3-14(4-5-15)9-6-8(2)11(13)10(7-9)12(16)17/h6-7,15H,3-5,13H2,1-2H3,(H,16,17). The number of aliphatic hydroxyl groups excluding tert-OH is 1. The van der Waals surface area contributed by atoms with E-state index in [-0.39, 0.29) is 12.2 Å². The topological polar surface area (TPSA) is 86.8 Å². The van der Waals surface area contributed by atoms with Crippen molar-refractivity contribution in [2.24, 2.45) is 0 Å². The predicted molar refractivity (Wildman–Crippen MR) is 67.5 cm³/mol. The molecule has 0 bridgehead atoms. The van der Waals surface area contributed by atoms with Crippen LogP contribution in [0.15, 0.2) is 12.1 Å². The maximum absolute atomic E-state index is 11.0. The first kappa shape index (κ1) is 13.3. The molecule has 0 saturated heterocycles. The summed E-state index contributed by atoms with van der Waals surface area (Å²) in [6.07, 6.45) is 0. The molecule has 0 aromatic heterocycles. The Kier molecular flexibility index (Phi) is 4.34. The zero-order valence-corrected chi connectivity index (χ0v) is 10.1. The third-order valence-electron chi connectivity index (χ3n) is 2.72. The highest BCUT2D eigenvalue weighted by Gasteiger charge is 2.14. The molecule has 0 aliphatic carbocycles. The second-order valence-electron chi connectivity index (χ2n) is 3.83. The summed E-state index contributed by atoms with van der Waals surface area (Å²) in [5, 5.41) is 18.0. The van der Waals surface area contributed by atoms with Crippen LogP contribution in [0.2, 0.25) is 0 Å². The minimum absolute atomic E-state index is 0.0274. The van der Waals surface area contributed by atoms with Crippen molar-refractivity contribution < 1.29 is 15.0 Å². The number of carbonyl (C=O) groups is 1. The van der Waals surface area contributed by atoms with Gasteiger partial charge in [-0.15, -0.1) is 0 Å². The Morgan fingerprint density at radius 1 is 1.47 bits per heavy atom. The molecule has 0 fully saturated rings. The van der Waals surface area contributed by atoms with Gasteiger partial charge in [-0.05, 0) is 31.5 Å². The lowest BCUT2D eigenvalue weighted by Gasteiger charge is -2.23. The summed E-state index contributed by atoms with van der Waals surface area (Å²) in [7, 11) is 0. The highest BCUT2D eigenvalue weighted by molar-refractivity contribution is 5.95. The molecule has 0 amide bonds. The van der Waals surface area contributed by atoms with Crippen LogP contribution in [0.5, 0.6) is 0 Å². The number of likely N-dealkylation sites (N-methyl/N-ethyl adjacent to an activating group) is 1. The van der Waals surface area contributed by atoms with Crippen LogP contribution in [0, 0.1) is 6.92 Å². The van der Waals surface area contributed by atoms with Crippen molar-refractivity contribution in [3.05, 3.63) is 23.3 Å². The molecule has 0 spiro atoms. The largest absolute Gasteiger partial charge is 0.478 e. The Balaban J connectivity index is 3.21. The number of nitrogen functional groups attached to an aromatic ring is 1. The number of hydrogen-bond acceptors (Lipinski definition) is 4. The van der Waals surface area contributed by atoms with Gasteiger partial charge in [0.15, 0.2) is 0 Å². The average molecular weight is 238 g/mol. The number of aliphatic hydroxyl groups is 1. The Morgan fingerprint density at radius 3 is 2.59 bits per heavy atom. The van der Waals surface area contributed by atoms with Gasteiger partial charge < -0.3 is 20.8 Å². The normalized spacial score (nSPS) is 10.3. The van der Waals surface area contributed by atoms with Crippen molar-refractivity contribution in [3.8, 4) is 0 Å². The molecule has 94 valence electrons. The van der Waals surface area contributed by atoms with E-state index in [1.807, 2.05) is 17.9 Å². The molecule has 1 aromatic carbocycles. The Labute approximate surface area is 100 Å². The highest BCUT2D eigenvalue weighted by Crippen LogP contribution is 2.25. The van der Waals surface area contributed by atoms with E-state index in [1.165, 1.54) is 0 Å². The summed E-state index contributed by atoms with van der Waals surface area (Å²) in [5.41, 5.74) is 7.62. The van der Waals surface area contributed by atoms with E-state index in [4.69, 9.17) is 15.9 Å². The lowest BCUT2D eigenvalue weighted by molar-refractivity contribution is 0.0698. The van der Waals surface area contributed by atoms with Gasteiger partial charge in [-0.25, -0.2) is 4.79 Å². The first-order chi connectivity index (χ1) is 8.01. The van der Waals surface area contributed by atoms with Gasteiger partial charge in [-0.2, -0.15) is 0 Å². The van der Waals surface area contributed by atoms with Crippen molar-refractivity contribution >= 4 is 17.3 Å². The lowest BCUT2D eigenvalue weighted by atomic mass is 10.1. The van der Waals surface area contributed by atoms with Gasteiger partial charge in [0.25, 0.3) is 0 Å².